The average Bonchev–Trinajstić information content (AvgIpc) is 1.55. The number of nitrogens with zero attached hydrogens (tertiary/aromatic N) is 1. The molecule has 0 heterocycles. The highest BCUT2D eigenvalue weighted by Gasteiger charge is 2.12. The van der Waals surface area contributed by atoms with Gasteiger partial charge in [0.1, 0.15) is 12.5 Å². The van der Waals surface area contributed by atoms with E-state index in [1.54, 1.807) is 0 Å². The normalized spacial score (nSPS) is 13.9. The molecule has 0 aromatic carbocycles. The third-order valence-corrected chi connectivity index (χ3v) is 1.10. The van der Waals surface area contributed by atoms with Crippen molar-refractivity contribution in [1.82, 2.24) is 0 Å². The van der Waals surface area contributed by atoms with Crippen molar-refractivity contribution in [3.8, 4) is 0 Å². The summed E-state index contributed by atoms with van der Waals surface area (Å²) in [5.41, 5.74) is 0. The van der Waals surface area contributed by atoms with Crippen LogP contribution in [0.15, 0.2) is 12.5 Å². The number of rotatable bonds is 3. The Kier molecular flexibility index (Phi) is 3.26. The summed E-state index contributed by atoms with van der Waals surface area (Å²) in [6.07, 6.45) is 2.51. The molecule has 0 unspecified atom stereocenters. The fourth-order valence-electron chi connectivity index (χ4n) is 0.289. The standard InChI is InChI=1S/C5H12NO4P/c1-6(2,3)4-5-10-11(7,8)9/h4-5H,1-3H3,(H-,7,8,9)/p+1. The maximum Gasteiger partial charge on any atom is 0.524 e. The van der Waals surface area contributed by atoms with Crippen LogP contribution in [0.4, 0.5) is 0 Å². The van der Waals surface area contributed by atoms with Gasteiger partial charge in [-0.05, 0) is 0 Å². The van der Waals surface area contributed by atoms with Crippen molar-refractivity contribution < 1.29 is 23.4 Å². The topological polar surface area (TPSA) is 66.8 Å². The van der Waals surface area contributed by atoms with Crippen LogP contribution in [0, 0.1) is 0 Å². The van der Waals surface area contributed by atoms with Crippen molar-refractivity contribution >= 4 is 7.82 Å². The van der Waals surface area contributed by atoms with Crippen LogP contribution < -0.4 is 0 Å². The molecule has 0 radical (unpaired) electrons. The zero-order valence-electron chi connectivity index (χ0n) is 6.76. The van der Waals surface area contributed by atoms with E-state index in [9.17, 15) is 4.57 Å². The first-order valence-electron chi connectivity index (χ1n) is 2.93. The molecular formula is C5H13NO4P+. The minimum atomic E-state index is -4.35. The Morgan fingerprint density at radius 1 is 1.36 bits per heavy atom. The van der Waals surface area contributed by atoms with Crippen molar-refractivity contribution in [2.75, 3.05) is 21.1 Å². The molecule has 0 atom stereocenters. The van der Waals surface area contributed by atoms with Crippen molar-refractivity contribution in [3.63, 3.8) is 0 Å². The van der Waals surface area contributed by atoms with Gasteiger partial charge in [0.05, 0.1) is 21.1 Å². The Bertz CT molecular complexity index is 189. The van der Waals surface area contributed by atoms with Crippen molar-refractivity contribution in [1.29, 1.82) is 0 Å². The number of hydrogen-bond acceptors (Lipinski definition) is 2. The Morgan fingerprint density at radius 3 is 2.09 bits per heavy atom. The van der Waals surface area contributed by atoms with Crippen LogP contribution in [-0.2, 0) is 9.09 Å². The molecule has 0 aliphatic rings. The first-order chi connectivity index (χ1) is 4.71. The summed E-state index contributed by atoms with van der Waals surface area (Å²) in [7, 11) is 1.15. The van der Waals surface area contributed by atoms with Crippen LogP contribution in [-0.4, -0.2) is 35.4 Å². The minimum Gasteiger partial charge on any atom is -0.407 e. The molecule has 0 saturated heterocycles. The number of phosphoric acid groups is 1. The lowest BCUT2D eigenvalue weighted by Gasteiger charge is -2.16. The Morgan fingerprint density at radius 2 is 1.82 bits per heavy atom. The lowest BCUT2D eigenvalue weighted by molar-refractivity contribution is -0.817. The van der Waals surface area contributed by atoms with Crippen molar-refractivity contribution in [2.24, 2.45) is 0 Å². The zero-order chi connectivity index (χ0) is 9.12. The molecule has 0 aliphatic heterocycles. The van der Waals surface area contributed by atoms with Gasteiger partial charge in [-0.25, -0.2) is 4.57 Å². The van der Waals surface area contributed by atoms with Gasteiger partial charge in [-0.2, -0.15) is 0 Å². The van der Waals surface area contributed by atoms with E-state index in [4.69, 9.17) is 9.79 Å². The summed E-state index contributed by atoms with van der Waals surface area (Å²) in [5, 5.41) is 0. The van der Waals surface area contributed by atoms with Gasteiger partial charge >= 0.3 is 7.82 Å². The quantitative estimate of drug-likeness (QED) is 0.373. The molecule has 0 rings (SSSR count). The molecule has 0 fully saturated rings. The first-order valence-corrected chi connectivity index (χ1v) is 4.46. The second-order valence-corrected chi connectivity index (χ2v) is 4.19. The Hall–Kier alpha value is -0.350. The SMILES string of the molecule is C[N+](C)(C)C=COP(=O)(O)O. The van der Waals surface area contributed by atoms with Gasteiger partial charge in [0, 0.05) is 0 Å². The summed E-state index contributed by atoms with van der Waals surface area (Å²) in [5.74, 6) is 0. The lowest BCUT2D eigenvalue weighted by atomic mass is 10.7. The van der Waals surface area contributed by atoms with Crippen LogP contribution >= 0.6 is 7.82 Å². The molecule has 66 valence electrons. The predicted octanol–water partition coefficient (Wildman–Crippen LogP) is 0.273. The maximum absolute atomic E-state index is 10.1. The maximum atomic E-state index is 10.1. The van der Waals surface area contributed by atoms with Crippen LogP contribution in [0.5, 0.6) is 0 Å². The highest BCUT2D eigenvalue weighted by atomic mass is 31.2. The predicted molar refractivity (Wildman–Crippen MR) is 40.3 cm³/mol. The molecule has 6 heteroatoms. The molecule has 0 aliphatic carbocycles. The monoisotopic (exact) mass is 182 g/mol. The number of phosphoric ester groups is 1. The van der Waals surface area contributed by atoms with E-state index < -0.39 is 7.82 Å². The fraction of sp³-hybridized carbons (Fsp3) is 0.600. The third-order valence-electron chi connectivity index (χ3n) is 0.706. The second kappa shape index (κ2) is 3.36. The Balaban J connectivity index is 3.90. The van der Waals surface area contributed by atoms with E-state index in [0.717, 1.165) is 6.26 Å². The average molecular weight is 182 g/mol. The molecule has 0 aromatic rings. The summed E-state index contributed by atoms with van der Waals surface area (Å²) in [6, 6.07) is 0. The van der Waals surface area contributed by atoms with Gasteiger partial charge < -0.3 is 9.01 Å². The van der Waals surface area contributed by atoms with E-state index in [1.807, 2.05) is 21.1 Å². The van der Waals surface area contributed by atoms with E-state index >= 15 is 0 Å². The highest BCUT2D eigenvalue weighted by Crippen LogP contribution is 2.35. The molecule has 0 spiro atoms. The van der Waals surface area contributed by atoms with Crippen LogP contribution in [0.2, 0.25) is 0 Å². The second-order valence-electron chi connectivity index (χ2n) is 3.00. The van der Waals surface area contributed by atoms with Gasteiger partial charge in [0.25, 0.3) is 0 Å². The number of quaternary nitrogens is 1. The Labute approximate surface area is 65.7 Å². The number of hydrogen-bond donors (Lipinski definition) is 2. The van der Waals surface area contributed by atoms with Crippen molar-refractivity contribution in [3.05, 3.63) is 12.5 Å². The fourth-order valence-corrected chi connectivity index (χ4v) is 0.502. The summed E-state index contributed by atoms with van der Waals surface area (Å²) < 4.78 is 14.7. The smallest absolute Gasteiger partial charge is 0.407 e. The van der Waals surface area contributed by atoms with E-state index in [-0.39, 0.29) is 0 Å². The van der Waals surface area contributed by atoms with Gasteiger partial charge in [-0.3, -0.25) is 9.79 Å². The zero-order valence-corrected chi connectivity index (χ0v) is 7.65. The largest absolute Gasteiger partial charge is 0.524 e. The summed E-state index contributed by atoms with van der Waals surface area (Å²) in [6.45, 7) is 0. The van der Waals surface area contributed by atoms with E-state index in [2.05, 4.69) is 4.52 Å². The first kappa shape index (κ1) is 10.7. The van der Waals surface area contributed by atoms with Gasteiger partial charge in [0.2, 0.25) is 0 Å². The molecule has 0 amide bonds. The van der Waals surface area contributed by atoms with Crippen LogP contribution in [0.1, 0.15) is 0 Å². The molecule has 0 aromatic heterocycles. The van der Waals surface area contributed by atoms with Crippen LogP contribution in [0.25, 0.3) is 0 Å². The molecule has 11 heavy (non-hydrogen) atoms. The third kappa shape index (κ3) is 9.65. The molecule has 0 bridgehead atoms. The van der Waals surface area contributed by atoms with E-state index in [1.165, 1.54) is 6.20 Å². The lowest BCUT2D eigenvalue weighted by Crippen LogP contribution is -2.26. The van der Waals surface area contributed by atoms with Gasteiger partial charge in [-0.15, -0.1) is 0 Å². The van der Waals surface area contributed by atoms with Crippen molar-refractivity contribution in [2.45, 2.75) is 0 Å². The van der Waals surface area contributed by atoms with Gasteiger partial charge in [0.15, 0.2) is 0 Å². The summed E-state index contributed by atoms with van der Waals surface area (Å²) >= 11 is 0. The molecule has 2 N–H and O–H groups in total. The highest BCUT2D eigenvalue weighted by molar-refractivity contribution is 7.46. The molecule has 5 nitrogen and oxygen atoms in total. The summed E-state index contributed by atoms with van der Waals surface area (Å²) in [4.78, 5) is 16.5. The van der Waals surface area contributed by atoms with E-state index in [0.29, 0.717) is 4.48 Å². The molecular weight excluding hydrogens is 169 g/mol. The minimum absolute atomic E-state index is 0.444. The van der Waals surface area contributed by atoms with Gasteiger partial charge in [-0.1, -0.05) is 0 Å². The molecule has 0 saturated carbocycles. The van der Waals surface area contributed by atoms with Crippen LogP contribution in [0.3, 0.4) is 0 Å².